The van der Waals surface area contributed by atoms with Gasteiger partial charge in [0.25, 0.3) is 5.55 Å². The normalized spacial score (nSPS) is 15.7. The summed E-state index contributed by atoms with van der Waals surface area (Å²) in [6.07, 6.45) is 0. The summed E-state index contributed by atoms with van der Waals surface area (Å²) in [6.45, 7) is 2.64. The Hall–Kier alpha value is -1.15. The first kappa shape index (κ1) is 26.8. The third-order valence-electron chi connectivity index (χ3n) is 4.94. The number of hydrogen-bond donors (Lipinski definition) is 1. The maximum absolute atomic E-state index is 14.3. The number of carbonyl (C=O) groups is 1. The fraction of sp³-hybridized carbons (Fsp3) is 0.923. The van der Waals surface area contributed by atoms with Crippen molar-refractivity contribution in [2.45, 2.75) is 74.1 Å². The lowest BCUT2D eigenvalue weighted by Gasteiger charge is -2.46. The van der Waals surface area contributed by atoms with E-state index in [1.54, 1.807) is 0 Å². The SMILES string of the molecule is CC[Si](CC)(CC)C(F)(F)C(F)(F)C(F)(F)C(F)(F)C(F)(F)C(F)(F)C(=O)O. The second-order valence-corrected chi connectivity index (χ2v) is 11.4. The zero-order valence-electron chi connectivity index (χ0n) is 14.5. The van der Waals surface area contributed by atoms with Gasteiger partial charge < -0.3 is 5.11 Å². The van der Waals surface area contributed by atoms with Crippen LogP contribution >= 0.6 is 0 Å². The highest BCUT2D eigenvalue weighted by atomic mass is 28.3. The molecule has 0 aromatic carbocycles. The Morgan fingerprint density at radius 3 is 1.18 bits per heavy atom. The van der Waals surface area contributed by atoms with E-state index in [1.807, 2.05) is 0 Å². The van der Waals surface area contributed by atoms with Crippen molar-refractivity contribution in [3.8, 4) is 0 Å². The van der Waals surface area contributed by atoms with E-state index in [0.717, 1.165) is 20.8 Å². The predicted octanol–water partition coefficient (Wildman–Crippen LogP) is 5.93. The molecule has 0 spiro atoms. The summed E-state index contributed by atoms with van der Waals surface area (Å²) < 4.78 is 163. The third-order valence-corrected chi connectivity index (χ3v) is 10.6. The molecular formula is C13H16F12O2Si. The van der Waals surface area contributed by atoms with Crippen LogP contribution in [0.4, 0.5) is 52.7 Å². The van der Waals surface area contributed by atoms with Gasteiger partial charge in [0.1, 0.15) is 8.07 Å². The van der Waals surface area contributed by atoms with Crippen molar-refractivity contribution >= 4 is 14.0 Å². The van der Waals surface area contributed by atoms with Gasteiger partial charge in [-0.25, -0.2) is 13.6 Å². The Labute approximate surface area is 151 Å². The lowest BCUT2D eigenvalue weighted by atomic mass is 9.94. The van der Waals surface area contributed by atoms with Crippen molar-refractivity contribution < 1.29 is 62.6 Å². The fourth-order valence-electron chi connectivity index (χ4n) is 2.67. The Morgan fingerprint density at radius 1 is 0.643 bits per heavy atom. The Bertz CT molecular complexity index is 578. The number of hydrogen-bond acceptors (Lipinski definition) is 1. The standard InChI is InChI=1S/C13H16F12O2Si/c1-4-28(5-2,6-3)13(24,25)12(22,23)11(20,21)10(18,19)9(16,17)8(14,15)7(26)27/h4-6H2,1-3H3,(H,26,27). The zero-order valence-corrected chi connectivity index (χ0v) is 15.5. The number of aliphatic carboxylic acids is 1. The molecule has 168 valence electrons. The summed E-state index contributed by atoms with van der Waals surface area (Å²) >= 11 is 0. The van der Waals surface area contributed by atoms with Gasteiger partial charge in [-0.1, -0.05) is 38.9 Å². The second kappa shape index (κ2) is 7.27. The topological polar surface area (TPSA) is 37.3 Å². The van der Waals surface area contributed by atoms with Crippen LogP contribution in [0.2, 0.25) is 18.1 Å². The molecule has 28 heavy (non-hydrogen) atoms. The third kappa shape index (κ3) is 3.07. The van der Waals surface area contributed by atoms with Gasteiger partial charge in [0.15, 0.2) is 0 Å². The average molecular weight is 460 g/mol. The fourth-order valence-corrected chi connectivity index (χ4v) is 6.33. The summed E-state index contributed by atoms with van der Waals surface area (Å²) in [5, 5.41) is 7.88. The van der Waals surface area contributed by atoms with Crippen LogP contribution in [0.3, 0.4) is 0 Å². The molecule has 0 aliphatic carbocycles. The molecule has 0 saturated carbocycles. The minimum atomic E-state index is -7.84. The van der Waals surface area contributed by atoms with Gasteiger partial charge in [0, 0.05) is 0 Å². The van der Waals surface area contributed by atoms with Crippen molar-refractivity contribution in [1.82, 2.24) is 0 Å². The number of rotatable bonds is 10. The Balaban J connectivity index is 6.75. The van der Waals surface area contributed by atoms with E-state index in [0.29, 0.717) is 0 Å². The second-order valence-electron chi connectivity index (χ2n) is 6.09. The van der Waals surface area contributed by atoms with E-state index in [4.69, 9.17) is 5.11 Å². The summed E-state index contributed by atoms with van der Waals surface area (Å²) in [4.78, 5) is 10.0. The molecule has 0 amide bonds. The van der Waals surface area contributed by atoms with Crippen LogP contribution in [0.1, 0.15) is 20.8 Å². The van der Waals surface area contributed by atoms with Crippen LogP contribution in [0, 0.1) is 0 Å². The number of halogens is 12. The Morgan fingerprint density at radius 2 is 0.929 bits per heavy atom. The van der Waals surface area contributed by atoms with Crippen molar-refractivity contribution in [3.05, 3.63) is 0 Å². The number of alkyl halides is 12. The predicted molar refractivity (Wildman–Crippen MR) is 74.5 cm³/mol. The molecule has 0 radical (unpaired) electrons. The maximum Gasteiger partial charge on any atom is 0.410 e. The van der Waals surface area contributed by atoms with E-state index < -0.39 is 67.3 Å². The van der Waals surface area contributed by atoms with E-state index in [9.17, 15) is 57.5 Å². The monoisotopic (exact) mass is 460 g/mol. The first-order chi connectivity index (χ1) is 12.1. The highest BCUT2D eigenvalue weighted by Gasteiger charge is 2.92. The molecule has 0 aromatic heterocycles. The first-order valence-electron chi connectivity index (χ1n) is 7.63. The molecule has 0 rings (SSSR count). The van der Waals surface area contributed by atoms with Gasteiger partial charge in [-0.3, -0.25) is 0 Å². The highest BCUT2D eigenvalue weighted by Crippen LogP contribution is 2.62. The molecule has 0 fully saturated rings. The molecule has 0 unspecified atom stereocenters. The molecule has 0 atom stereocenters. The summed E-state index contributed by atoms with van der Waals surface area (Å²) in [7, 11) is -4.84. The first-order valence-corrected chi connectivity index (χ1v) is 10.2. The smallest absolute Gasteiger partial charge is 0.410 e. The molecule has 0 aliphatic heterocycles. The van der Waals surface area contributed by atoms with Gasteiger partial charge in [-0.05, 0) is 0 Å². The number of carboxylic acids is 1. The quantitative estimate of drug-likeness (QED) is 0.324. The van der Waals surface area contributed by atoms with Gasteiger partial charge >= 0.3 is 35.6 Å². The molecule has 2 nitrogen and oxygen atoms in total. The van der Waals surface area contributed by atoms with E-state index in [2.05, 4.69) is 0 Å². The molecule has 0 aliphatic rings. The Kier molecular flexibility index (Phi) is 6.97. The summed E-state index contributed by atoms with van der Waals surface area (Å²) in [5.41, 5.74) is -5.92. The largest absolute Gasteiger partial charge is 0.477 e. The zero-order chi connectivity index (χ0) is 23.2. The van der Waals surface area contributed by atoms with Crippen LogP contribution in [0.15, 0.2) is 0 Å². The van der Waals surface area contributed by atoms with Crippen LogP contribution in [-0.4, -0.2) is 54.3 Å². The van der Waals surface area contributed by atoms with E-state index in [-0.39, 0.29) is 0 Å². The minimum absolute atomic E-state index is 0.841. The van der Waals surface area contributed by atoms with Gasteiger partial charge in [0.2, 0.25) is 0 Å². The summed E-state index contributed by atoms with van der Waals surface area (Å²) in [5.74, 6) is -41.4. The maximum atomic E-state index is 14.3. The molecule has 15 heteroatoms. The molecule has 1 N–H and O–H groups in total. The molecule has 0 aromatic rings. The molecule has 0 bridgehead atoms. The van der Waals surface area contributed by atoms with Crippen LogP contribution in [-0.2, 0) is 4.79 Å². The van der Waals surface area contributed by atoms with Gasteiger partial charge in [0.05, 0.1) is 0 Å². The van der Waals surface area contributed by atoms with Crippen LogP contribution < -0.4 is 0 Å². The average Bonchev–Trinajstić information content (AvgIpc) is 2.55. The van der Waals surface area contributed by atoms with Crippen molar-refractivity contribution in [2.24, 2.45) is 0 Å². The van der Waals surface area contributed by atoms with E-state index in [1.165, 1.54) is 0 Å². The molecular weight excluding hydrogens is 444 g/mol. The van der Waals surface area contributed by atoms with Crippen molar-refractivity contribution in [2.75, 3.05) is 0 Å². The van der Waals surface area contributed by atoms with Crippen molar-refractivity contribution in [1.29, 1.82) is 0 Å². The molecule has 0 heterocycles. The highest BCUT2D eigenvalue weighted by molar-refractivity contribution is 6.82. The number of carboxylic acid groups (broad SMARTS) is 1. The lowest BCUT2D eigenvalue weighted by Crippen LogP contribution is -2.75. The summed E-state index contributed by atoms with van der Waals surface area (Å²) in [6, 6.07) is -2.52. The van der Waals surface area contributed by atoms with Crippen molar-refractivity contribution in [3.63, 3.8) is 0 Å². The van der Waals surface area contributed by atoms with Gasteiger partial charge in [-0.15, -0.1) is 0 Å². The lowest BCUT2D eigenvalue weighted by molar-refractivity contribution is -0.413. The van der Waals surface area contributed by atoms with Gasteiger partial charge in [-0.2, -0.15) is 43.9 Å². The van der Waals surface area contributed by atoms with Crippen LogP contribution in [0.5, 0.6) is 0 Å². The molecule has 0 saturated heterocycles. The minimum Gasteiger partial charge on any atom is -0.477 e. The van der Waals surface area contributed by atoms with E-state index >= 15 is 0 Å². The van der Waals surface area contributed by atoms with Crippen LogP contribution in [0.25, 0.3) is 0 Å².